The molecule has 2 heterocycles. The van der Waals surface area contributed by atoms with Crippen molar-refractivity contribution >= 4 is 0 Å². The molecule has 2 unspecified atom stereocenters. The van der Waals surface area contributed by atoms with Crippen molar-refractivity contribution in [3.05, 3.63) is 0 Å². The van der Waals surface area contributed by atoms with Gasteiger partial charge < -0.3 is 60.2 Å². The zero-order valence-electron chi connectivity index (χ0n) is 16.5. The summed E-state index contributed by atoms with van der Waals surface area (Å²) in [4.78, 5) is 5.20. The Hall–Kier alpha value is -0.560. The first-order chi connectivity index (χ1) is 14.0. The Bertz CT molecular complexity index is 531. The summed E-state index contributed by atoms with van der Waals surface area (Å²) < 4.78 is 16.0. The molecule has 0 amide bonds. The first-order valence-electron chi connectivity index (χ1n) is 9.39. The van der Waals surface area contributed by atoms with E-state index in [0.717, 1.165) is 5.06 Å². The summed E-state index contributed by atoms with van der Waals surface area (Å²) >= 11 is 0. The molecule has 14 nitrogen and oxygen atoms in total. The zero-order chi connectivity index (χ0) is 22.8. The molecule has 178 valence electrons. The van der Waals surface area contributed by atoms with Crippen LogP contribution in [0.25, 0.3) is 0 Å². The summed E-state index contributed by atoms with van der Waals surface area (Å²) in [6, 6.07) is 0. The van der Waals surface area contributed by atoms with Crippen molar-refractivity contribution in [2.24, 2.45) is 0 Å². The number of aliphatic hydroxyl groups is 9. The summed E-state index contributed by atoms with van der Waals surface area (Å²) in [5.41, 5.74) is 0. The van der Waals surface area contributed by atoms with Crippen LogP contribution in [0.2, 0.25) is 0 Å². The molecule has 2 aliphatic heterocycles. The third-order valence-corrected chi connectivity index (χ3v) is 5.01. The highest BCUT2D eigenvalue weighted by molar-refractivity contribution is 4.98. The van der Waals surface area contributed by atoms with E-state index in [9.17, 15) is 46.0 Å². The van der Waals surface area contributed by atoms with Crippen LogP contribution in [0.3, 0.4) is 0 Å². The lowest BCUT2D eigenvalue weighted by Crippen LogP contribution is -2.63. The maximum absolute atomic E-state index is 10.2. The van der Waals surface area contributed by atoms with Gasteiger partial charge >= 0.3 is 0 Å². The van der Waals surface area contributed by atoms with Gasteiger partial charge in [0.15, 0.2) is 6.29 Å². The molecule has 14 heteroatoms. The van der Waals surface area contributed by atoms with Gasteiger partial charge in [0.25, 0.3) is 0 Å². The highest BCUT2D eigenvalue weighted by atomic mass is 16.8. The van der Waals surface area contributed by atoms with Gasteiger partial charge in [-0.25, -0.2) is 0 Å². The Balaban J connectivity index is 2.14. The molecule has 11 atom stereocenters. The quantitative estimate of drug-likeness (QED) is 0.119. The second kappa shape index (κ2) is 10.4. The fourth-order valence-corrected chi connectivity index (χ4v) is 3.31. The third kappa shape index (κ3) is 5.08. The van der Waals surface area contributed by atoms with Crippen molar-refractivity contribution in [3.63, 3.8) is 0 Å². The fourth-order valence-electron chi connectivity index (χ4n) is 3.31. The Labute approximate surface area is 172 Å². The van der Waals surface area contributed by atoms with E-state index < -0.39 is 87.1 Å². The average molecular weight is 445 g/mol. The molecule has 0 bridgehead atoms. The minimum atomic E-state index is -2.29. The van der Waals surface area contributed by atoms with Gasteiger partial charge in [0.1, 0.15) is 61.8 Å². The highest BCUT2D eigenvalue weighted by Gasteiger charge is 2.58. The van der Waals surface area contributed by atoms with Crippen molar-refractivity contribution < 1.29 is 65.0 Å². The molecule has 0 aromatic carbocycles. The van der Waals surface area contributed by atoms with Gasteiger partial charge in [-0.05, 0) is 13.8 Å². The predicted octanol–water partition coefficient (Wildman–Crippen LogP) is -5.48. The smallest absolute Gasteiger partial charge is 0.224 e. The molecular weight excluding hydrogens is 414 g/mol. The Morgan fingerprint density at radius 2 is 1.50 bits per heavy atom. The Morgan fingerprint density at radius 1 is 0.900 bits per heavy atom. The van der Waals surface area contributed by atoms with Gasteiger partial charge in [-0.3, -0.25) is 4.84 Å². The van der Waals surface area contributed by atoms with E-state index in [2.05, 4.69) is 0 Å². The molecule has 0 aliphatic carbocycles. The Morgan fingerprint density at radius 3 is 1.97 bits per heavy atom. The lowest BCUT2D eigenvalue weighted by atomic mass is 9.99. The van der Waals surface area contributed by atoms with Gasteiger partial charge in [0.2, 0.25) is 5.79 Å². The van der Waals surface area contributed by atoms with E-state index >= 15 is 0 Å². The lowest BCUT2D eigenvalue weighted by Gasteiger charge is -2.44. The van der Waals surface area contributed by atoms with Crippen LogP contribution in [0.4, 0.5) is 0 Å². The number of aliphatic hydroxyl groups excluding tert-OH is 9. The molecule has 9 N–H and O–H groups in total. The molecule has 0 aromatic heterocycles. The second-order valence-corrected chi connectivity index (χ2v) is 7.30. The van der Waals surface area contributed by atoms with E-state index in [-0.39, 0.29) is 0 Å². The topological polar surface area (TPSA) is 222 Å². The standard InChI is InChI=1S/C16H31NO13/c1-6(20)17(7(2)21)27-4-9-10(22)12(24)13(25)15(28-9)30-16(5-19)14(26)11(23)8(3-18)29-16/h6-15,18-26H,3-5H2,1-2H3/t6?,7?,8-,9-,10-,11-,12+,13-,14+,15-,16+/m1/s1. The molecular formula is C16H31NO13. The zero-order valence-corrected chi connectivity index (χ0v) is 16.5. The summed E-state index contributed by atoms with van der Waals surface area (Å²) in [6.45, 7) is 0.401. The largest absolute Gasteiger partial charge is 0.394 e. The van der Waals surface area contributed by atoms with Gasteiger partial charge in [-0.15, -0.1) is 5.06 Å². The number of hydrogen-bond acceptors (Lipinski definition) is 14. The molecule has 30 heavy (non-hydrogen) atoms. The number of hydroxylamine groups is 2. The summed E-state index contributed by atoms with van der Waals surface area (Å²) in [6.07, 6.45) is -15.7. The molecule has 0 aromatic rings. The van der Waals surface area contributed by atoms with Crippen LogP contribution in [0.5, 0.6) is 0 Å². The van der Waals surface area contributed by atoms with Crippen molar-refractivity contribution in [2.45, 2.75) is 81.1 Å². The van der Waals surface area contributed by atoms with Crippen LogP contribution in [-0.2, 0) is 19.0 Å². The van der Waals surface area contributed by atoms with E-state index in [1.54, 1.807) is 0 Å². The van der Waals surface area contributed by atoms with Crippen LogP contribution in [0.15, 0.2) is 0 Å². The summed E-state index contributed by atoms with van der Waals surface area (Å²) in [5, 5.41) is 89.5. The number of nitrogens with zero attached hydrogens (tertiary/aromatic N) is 1. The van der Waals surface area contributed by atoms with Crippen LogP contribution in [-0.4, -0.2) is 138 Å². The van der Waals surface area contributed by atoms with Crippen molar-refractivity contribution in [1.82, 2.24) is 5.06 Å². The third-order valence-electron chi connectivity index (χ3n) is 5.01. The predicted molar refractivity (Wildman–Crippen MR) is 92.7 cm³/mol. The van der Waals surface area contributed by atoms with Crippen molar-refractivity contribution in [3.8, 4) is 0 Å². The number of ether oxygens (including phenoxy) is 3. The minimum absolute atomic E-state index is 0.502. The van der Waals surface area contributed by atoms with Crippen LogP contribution in [0.1, 0.15) is 13.8 Å². The molecule has 2 rings (SSSR count). The molecule has 0 radical (unpaired) electrons. The van der Waals surface area contributed by atoms with Crippen LogP contribution < -0.4 is 0 Å². The molecule has 2 aliphatic rings. The number of rotatable bonds is 9. The maximum Gasteiger partial charge on any atom is 0.224 e. The number of hydrogen-bond donors (Lipinski definition) is 9. The first-order valence-corrected chi connectivity index (χ1v) is 9.39. The van der Waals surface area contributed by atoms with E-state index in [0.29, 0.717) is 0 Å². The second-order valence-electron chi connectivity index (χ2n) is 7.30. The fraction of sp³-hybridized carbons (Fsp3) is 1.00. The molecule has 0 saturated carbocycles. The van der Waals surface area contributed by atoms with Gasteiger partial charge in [0.05, 0.1) is 13.2 Å². The van der Waals surface area contributed by atoms with Crippen LogP contribution in [0, 0.1) is 0 Å². The first kappa shape index (κ1) is 25.7. The molecule has 2 fully saturated rings. The maximum atomic E-state index is 10.2. The SMILES string of the molecule is CC(O)N(OC[C@H]1O[C@H](O[C@]2(CO)O[C@H](CO)[C@@H](O)[C@@H]2O)[C@H](O)[C@@H](O)[C@@H]1O)C(C)O. The minimum Gasteiger partial charge on any atom is -0.394 e. The van der Waals surface area contributed by atoms with Gasteiger partial charge in [0, 0.05) is 0 Å². The van der Waals surface area contributed by atoms with Gasteiger partial charge in [-0.1, -0.05) is 0 Å². The lowest BCUT2D eigenvalue weighted by molar-refractivity contribution is -0.391. The highest BCUT2D eigenvalue weighted by Crippen LogP contribution is 2.36. The summed E-state index contributed by atoms with van der Waals surface area (Å²) in [5.74, 6) is -2.29. The normalized spacial score (nSPS) is 44.4. The molecule has 2 saturated heterocycles. The Kier molecular flexibility index (Phi) is 8.88. The van der Waals surface area contributed by atoms with Gasteiger partial charge in [-0.2, -0.15) is 0 Å². The summed E-state index contributed by atoms with van der Waals surface area (Å²) in [7, 11) is 0. The molecule has 0 spiro atoms. The monoisotopic (exact) mass is 445 g/mol. The average Bonchev–Trinajstić information content (AvgIpc) is 2.94. The van der Waals surface area contributed by atoms with Crippen LogP contribution >= 0.6 is 0 Å². The van der Waals surface area contributed by atoms with E-state index in [1.165, 1.54) is 13.8 Å². The van der Waals surface area contributed by atoms with E-state index in [1.807, 2.05) is 0 Å². The van der Waals surface area contributed by atoms with Crippen molar-refractivity contribution in [2.75, 3.05) is 19.8 Å². The van der Waals surface area contributed by atoms with Crippen molar-refractivity contribution in [1.29, 1.82) is 0 Å². The van der Waals surface area contributed by atoms with E-state index in [4.69, 9.17) is 19.0 Å².